The standard InChI is InChI=1S/C13H23NO5S/c1-10(2)8-20(18,19)9-11(15)14-13(7-12(16)17)5-3-4-6-13/h10H,3-9H2,1-2H3,(H,14,15)(H,16,17). The highest BCUT2D eigenvalue weighted by molar-refractivity contribution is 7.92. The van der Waals surface area contributed by atoms with Crippen LogP contribution in [0.2, 0.25) is 0 Å². The van der Waals surface area contributed by atoms with Crippen LogP contribution < -0.4 is 5.32 Å². The molecule has 1 saturated carbocycles. The summed E-state index contributed by atoms with van der Waals surface area (Å²) < 4.78 is 23.5. The van der Waals surface area contributed by atoms with Crippen molar-refractivity contribution in [3.05, 3.63) is 0 Å². The Labute approximate surface area is 119 Å². The Morgan fingerprint density at radius 2 is 1.80 bits per heavy atom. The van der Waals surface area contributed by atoms with Crippen LogP contribution in [-0.2, 0) is 19.4 Å². The molecule has 1 fully saturated rings. The number of rotatable bonds is 7. The number of carbonyl (C=O) groups excluding carboxylic acids is 1. The molecule has 1 aliphatic carbocycles. The number of carboxylic acids is 1. The van der Waals surface area contributed by atoms with E-state index in [4.69, 9.17) is 5.11 Å². The van der Waals surface area contributed by atoms with E-state index in [2.05, 4.69) is 5.32 Å². The van der Waals surface area contributed by atoms with E-state index in [0.717, 1.165) is 12.8 Å². The molecule has 7 heteroatoms. The van der Waals surface area contributed by atoms with Gasteiger partial charge >= 0.3 is 5.97 Å². The fraction of sp³-hybridized carbons (Fsp3) is 0.846. The molecular weight excluding hydrogens is 282 g/mol. The van der Waals surface area contributed by atoms with E-state index < -0.39 is 33.0 Å². The molecule has 0 aliphatic heterocycles. The van der Waals surface area contributed by atoms with Gasteiger partial charge in [-0.1, -0.05) is 26.7 Å². The molecule has 0 unspecified atom stereocenters. The molecule has 0 aromatic heterocycles. The molecule has 0 aromatic rings. The van der Waals surface area contributed by atoms with E-state index in [0.29, 0.717) is 12.8 Å². The van der Waals surface area contributed by atoms with Crippen molar-refractivity contribution in [2.24, 2.45) is 5.92 Å². The largest absolute Gasteiger partial charge is 0.481 e. The SMILES string of the molecule is CC(C)CS(=O)(=O)CC(=O)NC1(CC(=O)O)CCCC1. The molecule has 1 rings (SSSR count). The van der Waals surface area contributed by atoms with Crippen molar-refractivity contribution < 1.29 is 23.1 Å². The first-order valence-electron chi connectivity index (χ1n) is 6.87. The molecular formula is C13H23NO5S. The number of nitrogens with one attached hydrogen (secondary N) is 1. The summed E-state index contributed by atoms with van der Waals surface area (Å²) in [5.41, 5.74) is -0.768. The van der Waals surface area contributed by atoms with Crippen LogP contribution in [0.1, 0.15) is 46.0 Å². The zero-order valence-corrected chi connectivity index (χ0v) is 12.8. The molecule has 1 aliphatic rings. The minimum Gasteiger partial charge on any atom is -0.481 e. The molecule has 0 bridgehead atoms. The first kappa shape index (κ1) is 16.9. The van der Waals surface area contributed by atoms with Gasteiger partial charge in [-0.3, -0.25) is 9.59 Å². The summed E-state index contributed by atoms with van der Waals surface area (Å²) in [5.74, 6) is -2.20. The van der Waals surface area contributed by atoms with Crippen molar-refractivity contribution in [2.75, 3.05) is 11.5 Å². The van der Waals surface area contributed by atoms with Crippen molar-refractivity contribution in [1.82, 2.24) is 5.32 Å². The first-order valence-corrected chi connectivity index (χ1v) is 8.69. The smallest absolute Gasteiger partial charge is 0.305 e. The average Bonchev–Trinajstić information content (AvgIpc) is 2.60. The van der Waals surface area contributed by atoms with Crippen LogP contribution >= 0.6 is 0 Å². The molecule has 6 nitrogen and oxygen atoms in total. The summed E-state index contributed by atoms with van der Waals surface area (Å²) in [6.45, 7) is 3.55. The lowest BCUT2D eigenvalue weighted by Gasteiger charge is -2.28. The molecule has 0 spiro atoms. The Balaban J connectivity index is 2.66. The lowest BCUT2D eigenvalue weighted by molar-refractivity contribution is -0.139. The van der Waals surface area contributed by atoms with E-state index in [-0.39, 0.29) is 18.1 Å². The molecule has 0 saturated heterocycles. The summed E-state index contributed by atoms with van der Waals surface area (Å²) in [4.78, 5) is 22.8. The maximum absolute atomic E-state index is 11.9. The number of aliphatic carboxylic acids is 1. The van der Waals surface area contributed by atoms with Gasteiger partial charge < -0.3 is 10.4 Å². The highest BCUT2D eigenvalue weighted by Crippen LogP contribution is 2.32. The Kier molecular flexibility index (Phi) is 5.56. The van der Waals surface area contributed by atoms with Gasteiger partial charge in [0.05, 0.1) is 17.7 Å². The summed E-state index contributed by atoms with van der Waals surface area (Å²) in [6.07, 6.45) is 2.74. The number of hydrogen-bond donors (Lipinski definition) is 2. The topological polar surface area (TPSA) is 101 Å². The molecule has 0 radical (unpaired) electrons. The summed E-state index contributed by atoms with van der Waals surface area (Å²) in [5, 5.41) is 11.6. The highest BCUT2D eigenvalue weighted by atomic mass is 32.2. The minimum absolute atomic E-state index is 0.0349. The maximum atomic E-state index is 11.9. The van der Waals surface area contributed by atoms with Gasteiger partial charge in [-0.15, -0.1) is 0 Å². The monoisotopic (exact) mass is 305 g/mol. The number of carbonyl (C=O) groups is 2. The van der Waals surface area contributed by atoms with Gasteiger partial charge in [-0.05, 0) is 18.8 Å². The van der Waals surface area contributed by atoms with Crippen LogP contribution in [-0.4, -0.2) is 42.4 Å². The molecule has 0 heterocycles. The van der Waals surface area contributed by atoms with E-state index in [9.17, 15) is 18.0 Å². The molecule has 20 heavy (non-hydrogen) atoms. The molecule has 0 atom stereocenters. The fourth-order valence-electron chi connectivity index (χ4n) is 2.79. The predicted molar refractivity (Wildman–Crippen MR) is 75.1 cm³/mol. The van der Waals surface area contributed by atoms with Crippen LogP contribution in [0.15, 0.2) is 0 Å². The van der Waals surface area contributed by atoms with E-state index >= 15 is 0 Å². The van der Waals surface area contributed by atoms with Crippen molar-refractivity contribution in [1.29, 1.82) is 0 Å². The van der Waals surface area contributed by atoms with Crippen LogP contribution in [0, 0.1) is 5.92 Å². The number of sulfone groups is 1. The molecule has 1 amide bonds. The Hall–Kier alpha value is -1.11. The summed E-state index contributed by atoms with van der Waals surface area (Å²) in [7, 11) is -3.44. The minimum atomic E-state index is -3.44. The van der Waals surface area contributed by atoms with Gasteiger partial charge in [0.1, 0.15) is 5.75 Å². The Morgan fingerprint density at radius 1 is 1.25 bits per heavy atom. The second-order valence-corrected chi connectivity index (χ2v) is 8.16. The van der Waals surface area contributed by atoms with Crippen LogP contribution in [0.3, 0.4) is 0 Å². The summed E-state index contributed by atoms with van der Waals surface area (Å²) >= 11 is 0. The third kappa shape index (κ3) is 5.48. The predicted octanol–water partition coefficient (Wildman–Crippen LogP) is 0.961. The van der Waals surface area contributed by atoms with Crippen molar-refractivity contribution in [3.63, 3.8) is 0 Å². The lowest BCUT2D eigenvalue weighted by Crippen LogP contribution is -2.49. The lowest BCUT2D eigenvalue weighted by atomic mass is 9.93. The van der Waals surface area contributed by atoms with E-state index in [1.165, 1.54) is 0 Å². The fourth-order valence-corrected chi connectivity index (χ4v) is 4.39. The quantitative estimate of drug-likeness (QED) is 0.729. The van der Waals surface area contributed by atoms with E-state index in [1.54, 1.807) is 13.8 Å². The third-order valence-electron chi connectivity index (χ3n) is 3.39. The molecule has 116 valence electrons. The average molecular weight is 305 g/mol. The van der Waals surface area contributed by atoms with E-state index in [1.807, 2.05) is 0 Å². The zero-order valence-electron chi connectivity index (χ0n) is 12.0. The maximum Gasteiger partial charge on any atom is 0.305 e. The van der Waals surface area contributed by atoms with Gasteiger partial charge in [-0.2, -0.15) is 0 Å². The van der Waals surface area contributed by atoms with Crippen molar-refractivity contribution in [2.45, 2.75) is 51.5 Å². The van der Waals surface area contributed by atoms with Gasteiger partial charge in [-0.25, -0.2) is 8.42 Å². The molecule has 2 N–H and O–H groups in total. The van der Waals surface area contributed by atoms with Crippen molar-refractivity contribution >= 4 is 21.7 Å². The second-order valence-electron chi connectivity index (χ2n) is 6.05. The Bertz CT molecular complexity index is 463. The highest BCUT2D eigenvalue weighted by Gasteiger charge is 2.38. The van der Waals surface area contributed by atoms with Gasteiger partial charge in [0.2, 0.25) is 5.91 Å². The normalized spacial score (nSPS) is 18.1. The molecule has 0 aromatic carbocycles. The second kappa shape index (κ2) is 6.56. The van der Waals surface area contributed by atoms with Gasteiger partial charge in [0.25, 0.3) is 0 Å². The van der Waals surface area contributed by atoms with Crippen LogP contribution in [0.25, 0.3) is 0 Å². The van der Waals surface area contributed by atoms with Gasteiger partial charge in [0, 0.05) is 0 Å². The third-order valence-corrected chi connectivity index (χ3v) is 5.27. The zero-order chi connectivity index (χ0) is 15.4. The van der Waals surface area contributed by atoms with Crippen molar-refractivity contribution in [3.8, 4) is 0 Å². The van der Waals surface area contributed by atoms with Crippen LogP contribution in [0.5, 0.6) is 0 Å². The first-order chi connectivity index (χ1) is 9.14. The van der Waals surface area contributed by atoms with Crippen LogP contribution in [0.4, 0.5) is 0 Å². The number of hydrogen-bond acceptors (Lipinski definition) is 4. The summed E-state index contributed by atoms with van der Waals surface area (Å²) in [6, 6.07) is 0. The Morgan fingerprint density at radius 3 is 2.25 bits per heavy atom. The number of carboxylic acid groups (broad SMARTS) is 1. The number of amides is 1. The van der Waals surface area contributed by atoms with Gasteiger partial charge in [0.15, 0.2) is 9.84 Å².